The lowest BCUT2D eigenvalue weighted by Gasteiger charge is -2.14. The van der Waals surface area contributed by atoms with E-state index >= 15 is 0 Å². The molecule has 0 aliphatic carbocycles. The molecule has 0 fully saturated rings. The van der Waals surface area contributed by atoms with Gasteiger partial charge in [0.2, 0.25) is 11.7 Å². The normalized spacial score (nSPS) is 13.3. The van der Waals surface area contributed by atoms with Crippen LogP contribution in [0.3, 0.4) is 0 Å². The molecule has 0 amide bonds. The predicted octanol–water partition coefficient (Wildman–Crippen LogP) is 3.45. The molecule has 0 N–H and O–H groups in total. The third-order valence-electron chi connectivity index (χ3n) is 2.61. The Balaban J connectivity index is 3.15. The van der Waals surface area contributed by atoms with Gasteiger partial charge in [-0.15, -0.1) is 0 Å². The van der Waals surface area contributed by atoms with E-state index in [-0.39, 0.29) is 0 Å². The van der Waals surface area contributed by atoms with Crippen LogP contribution in [-0.4, -0.2) is 29.1 Å². The van der Waals surface area contributed by atoms with E-state index in [1.54, 1.807) is 0 Å². The van der Waals surface area contributed by atoms with Crippen LogP contribution in [0.25, 0.3) is 5.57 Å². The van der Waals surface area contributed by atoms with Crippen molar-refractivity contribution in [1.29, 1.82) is 0 Å². The number of allylic oxidation sites excluding steroid dienone is 5. The van der Waals surface area contributed by atoms with Crippen LogP contribution in [-0.2, 0) is 6.42 Å². The lowest BCUT2D eigenvalue weighted by atomic mass is 10.1. The van der Waals surface area contributed by atoms with Crippen molar-refractivity contribution in [3.8, 4) is 0 Å². The largest absolute Gasteiger partial charge is 0.378 e. The van der Waals surface area contributed by atoms with Crippen LogP contribution in [0.2, 0.25) is 0 Å². The molecule has 0 aromatic carbocycles. The molecule has 0 aliphatic heterocycles. The number of hydrogen-bond donors (Lipinski definition) is 0. The maximum absolute atomic E-state index is 5.17. The van der Waals surface area contributed by atoms with Gasteiger partial charge in [-0.05, 0) is 19.4 Å². The van der Waals surface area contributed by atoms with Crippen LogP contribution >= 0.6 is 0 Å². The Morgan fingerprint density at radius 3 is 2.53 bits per heavy atom. The van der Waals surface area contributed by atoms with Gasteiger partial charge in [-0.25, -0.2) is 0 Å². The molecule has 1 heterocycles. The topological polar surface area (TPSA) is 42.2 Å². The molecule has 19 heavy (non-hydrogen) atoms. The van der Waals surface area contributed by atoms with E-state index in [1.807, 2.05) is 40.1 Å². The minimum Gasteiger partial charge on any atom is -0.378 e. The van der Waals surface area contributed by atoms with E-state index in [0.717, 1.165) is 24.1 Å². The number of nitrogens with zero attached hydrogens (tertiary/aromatic N) is 3. The molecular formula is C15H23N3O. The monoisotopic (exact) mass is 261 g/mol. The molecule has 1 aromatic heterocycles. The molecule has 0 unspecified atom stereocenters. The number of hydrogen-bond acceptors (Lipinski definition) is 4. The second kappa shape index (κ2) is 7.56. The zero-order chi connectivity index (χ0) is 14.3. The molecule has 0 bridgehead atoms. The van der Waals surface area contributed by atoms with Crippen molar-refractivity contribution in [3.63, 3.8) is 0 Å². The standard InChI is InChI=1S/C15H23N3O/c1-6-9-12(11-13(10-7-2)18(4)5)15-16-14(8-3)19-17-15/h6,9-11H,7-8H2,1-5H3/b9-6-,12-11+,13-10-. The van der Waals surface area contributed by atoms with Gasteiger partial charge >= 0.3 is 0 Å². The Morgan fingerprint density at radius 1 is 1.32 bits per heavy atom. The van der Waals surface area contributed by atoms with Crippen LogP contribution < -0.4 is 0 Å². The van der Waals surface area contributed by atoms with Gasteiger partial charge < -0.3 is 9.42 Å². The van der Waals surface area contributed by atoms with Crippen LogP contribution in [0.1, 0.15) is 38.9 Å². The lowest BCUT2D eigenvalue weighted by molar-refractivity contribution is 0.380. The highest BCUT2D eigenvalue weighted by molar-refractivity contribution is 5.71. The SMILES string of the molecule is C\C=C/C(=C\C(=C\CC)N(C)C)c1noc(CC)n1. The van der Waals surface area contributed by atoms with Crippen molar-refractivity contribution >= 4 is 5.57 Å². The summed E-state index contributed by atoms with van der Waals surface area (Å²) in [5.74, 6) is 1.30. The second-order valence-electron chi connectivity index (χ2n) is 4.40. The van der Waals surface area contributed by atoms with Gasteiger partial charge in [-0.1, -0.05) is 37.2 Å². The summed E-state index contributed by atoms with van der Waals surface area (Å²) in [4.78, 5) is 6.45. The fraction of sp³-hybridized carbons (Fsp3) is 0.467. The fourth-order valence-electron chi connectivity index (χ4n) is 1.62. The number of likely N-dealkylation sites (N-methyl/N-ethyl adjacent to an activating group) is 1. The Bertz CT molecular complexity index is 481. The van der Waals surface area contributed by atoms with Gasteiger partial charge in [0.15, 0.2) is 0 Å². The maximum atomic E-state index is 5.17. The Kier molecular flexibility index (Phi) is 6.06. The summed E-state index contributed by atoms with van der Waals surface area (Å²) < 4.78 is 5.17. The Labute approximate surface area is 115 Å². The average Bonchev–Trinajstić information content (AvgIpc) is 2.85. The van der Waals surface area contributed by atoms with Crippen molar-refractivity contribution in [3.05, 3.63) is 41.7 Å². The quantitative estimate of drug-likeness (QED) is 0.736. The Hall–Kier alpha value is -1.84. The fourth-order valence-corrected chi connectivity index (χ4v) is 1.62. The van der Waals surface area contributed by atoms with Gasteiger partial charge in [0.1, 0.15) is 0 Å². The molecule has 0 saturated heterocycles. The number of aromatic nitrogens is 2. The van der Waals surface area contributed by atoms with E-state index in [1.165, 1.54) is 0 Å². The van der Waals surface area contributed by atoms with Crippen LogP contribution in [0.15, 0.2) is 34.5 Å². The minimum atomic E-state index is 0.638. The summed E-state index contributed by atoms with van der Waals surface area (Å²) in [5.41, 5.74) is 2.10. The molecule has 0 atom stereocenters. The number of aryl methyl sites for hydroxylation is 1. The molecule has 4 heteroatoms. The highest BCUT2D eigenvalue weighted by Gasteiger charge is 2.09. The van der Waals surface area contributed by atoms with E-state index in [4.69, 9.17) is 4.52 Å². The van der Waals surface area contributed by atoms with Gasteiger partial charge in [0.25, 0.3) is 0 Å². The third kappa shape index (κ3) is 4.39. The second-order valence-corrected chi connectivity index (χ2v) is 4.40. The summed E-state index contributed by atoms with van der Waals surface area (Å²) in [7, 11) is 4.05. The summed E-state index contributed by atoms with van der Waals surface area (Å²) in [5, 5.41) is 4.03. The van der Waals surface area contributed by atoms with E-state index in [9.17, 15) is 0 Å². The van der Waals surface area contributed by atoms with Crippen LogP contribution in [0.4, 0.5) is 0 Å². The van der Waals surface area contributed by atoms with Crippen molar-refractivity contribution in [2.45, 2.75) is 33.6 Å². The molecule has 0 saturated carbocycles. The lowest BCUT2D eigenvalue weighted by Crippen LogP contribution is -2.09. The number of rotatable bonds is 6. The summed E-state index contributed by atoms with van der Waals surface area (Å²) in [6, 6.07) is 0. The minimum absolute atomic E-state index is 0.638. The Morgan fingerprint density at radius 2 is 2.05 bits per heavy atom. The van der Waals surface area contributed by atoms with Crippen LogP contribution in [0, 0.1) is 0 Å². The predicted molar refractivity (Wildman–Crippen MR) is 78.5 cm³/mol. The molecule has 104 valence electrons. The first-order valence-corrected chi connectivity index (χ1v) is 6.67. The first kappa shape index (κ1) is 15.2. The first-order valence-electron chi connectivity index (χ1n) is 6.67. The molecule has 4 nitrogen and oxygen atoms in total. The van der Waals surface area contributed by atoms with Gasteiger partial charge in [0, 0.05) is 31.8 Å². The zero-order valence-electron chi connectivity index (χ0n) is 12.5. The molecule has 0 radical (unpaired) electrons. The molecule has 0 spiro atoms. The summed E-state index contributed by atoms with van der Waals surface area (Å²) in [6.45, 7) is 6.10. The van der Waals surface area contributed by atoms with E-state index in [2.05, 4.69) is 34.1 Å². The molecule has 0 aliphatic rings. The van der Waals surface area contributed by atoms with E-state index in [0.29, 0.717) is 11.7 Å². The van der Waals surface area contributed by atoms with Crippen molar-refractivity contribution in [2.75, 3.05) is 14.1 Å². The smallest absolute Gasteiger partial charge is 0.226 e. The van der Waals surface area contributed by atoms with Gasteiger partial charge in [-0.2, -0.15) is 4.98 Å². The highest BCUT2D eigenvalue weighted by Crippen LogP contribution is 2.17. The summed E-state index contributed by atoms with van der Waals surface area (Å²) in [6.07, 6.45) is 9.96. The van der Waals surface area contributed by atoms with Crippen molar-refractivity contribution < 1.29 is 4.52 Å². The third-order valence-corrected chi connectivity index (χ3v) is 2.61. The van der Waals surface area contributed by atoms with Gasteiger partial charge in [0.05, 0.1) is 0 Å². The first-order chi connectivity index (χ1) is 9.12. The molecule has 1 aromatic rings. The zero-order valence-corrected chi connectivity index (χ0v) is 12.5. The van der Waals surface area contributed by atoms with Crippen molar-refractivity contribution in [1.82, 2.24) is 15.0 Å². The van der Waals surface area contributed by atoms with E-state index < -0.39 is 0 Å². The maximum Gasteiger partial charge on any atom is 0.226 e. The van der Waals surface area contributed by atoms with Crippen molar-refractivity contribution in [2.24, 2.45) is 0 Å². The molecule has 1 rings (SSSR count). The van der Waals surface area contributed by atoms with Crippen LogP contribution in [0.5, 0.6) is 0 Å². The van der Waals surface area contributed by atoms with Gasteiger partial charge in [-0.3, -0.25) is 0 Å². The molecular weight excluding hydrogens is 238 g/mol. The summed E-state index contributed by atoms with van der Waals surface area (Å²) >= 11 is 0. The highest BCUT2D eigenvalue weighted by atomic mass is 16.5. The average molecular weight is 261 g/mol.